The molecule has 80 valence electrons. The van der Waals surface area contributed by atoms with Gasteiger partial charge in [-0.05, 0) is 26.3 Å². The van der Waals surface area contributed by atoms with E-state index >= 15 is 0 Å². The molecule has 0 N–H and O–H groups in total. The van der Waals surface area contributed by atoms with Crippen LogP contribution >= 0.6 is 0 Å². The highest BCUT2D eigenvalue weighted by Crippen LogP contribution is 2.20. The maximum absolute atomic E-state index is 8.17. The van der Waals surface area contributed by atoms with Crippen molar-refractivity contribution in [2.24, 2.45) is 5.11 Å². The second-order valence-electron chi connectivity index (χ2n) is 4.38. The molecule has 0 aromatic heterocycles. The third kappa shape index (κ3) is 3.54. The fourth-order valence-corrected chi connectivity index (χ4v) is 1.99. The Morgan fingerprint density at radius 2 is 2.36 bits per heavy atom. The monoisotopic (exact) mass is 198 g/mol. The summed E-state index contributed by atoms with van der Waals surface area (Å²) in [4.78, 5) is 5.02. The van der Waals surface area contributed by atoms with E-state index in [2.05, 4.69) is 35.7 Å². The standard InChI is InChI=1S/C9H18N4O/c1-8-6-13(5-4-11-12-10)7-9(2,3)14-8/h8H,4-7H2,1-3H3. The Morgan fingerprint density at radius 1 is 1.64 bits per heavy atom. The first-order valence-electron chi connectivity index (χ1n) is 4.94. The molecule has 0 amide bonds. The van der Waals surface area contributed by atoms with Crippen molar-refractivity contribution >= 4 is 0 Å². The first kappa shape index (κ1) is 11.3. The van der Waals surface area contributed by atoms with Gasteiger partial charge in [-0.3, -0.25) is 4.90 Å². The molecule has 1 heterocycles. The second-order valence-corrected chi connectivity index (χ2v) is 4.38. The molecule has 0 saturated carbocycles. The summed E-state index contributed by atoms with van der Waals surface area (Å²) >= 11 is 0. The molecule has 0 spiro atoms. The molecule has 14 heavy (non-hydrogen) atoms. The van der Waals surface area contributed by atoms with E-state index in [0.717, 1.165) is 19.6 Å². The van der Waals surface area contributed by atoms with E-state index in [1.807, 2.05) is 0 Å². The minimum Gasteiger partial charge on any atom is -0.370 e. The quantitative estimate of drug-likeness (QED) is 0.394. The van der Waals surface area contributed by atoms with Crippen LogP contribution < -0.4 is 0 Å². The molecule has 1 atom stereocenters. The minimum atomic E-state index is -0.0893. The third-order valence-corrected chi connectivity index (χ3v) is 2.22. The summed E-state index contributed by atoms with van der Waals surface area (Å²) < 4.78 is 5.77. The van der Waals surface area contributed by atoms with E-state index in [0.29, 0.717) is 6.54 Å². The number of ether oxygens (including phenoxy) is 1. The fourth-order valence-electron chi connectivity index (χ4n) is 1.99. The second kappa shape index (κ2) is 4.64. The van der Waals surface area contributed by atoms with Crippen molar-refractivity contribution in [1.82, 2.24) is 4.90 Å². The van der Waals surface area contributed by atoms with Crippen LogP contribution in [0.2, 0.25) is 0 Å². The van der Waals surface area contributed by atoms with E-state index in [9.17, 15) is 0 Å². The van der Waals surface area contributed by atoms with Gasteiger partial charge in [-0.25, -0.2) is 0 Å². The number of hydrogen-bond donors (Lipinski definition) is 0. The molecule has 5 nitrogen and oxygen atoms in total. The summed E-state index contributed by atoms with van der Waals surface area (Å²) in [6.45, 7) is 9.43. The van der Waals surface area contributed by atoms with Gasteiger partial charge < -0.3 is 4.74 Å². The first-order valence-corrected chi connectivity index (χ1v) is 4.94. The van der Waals surface area contributed by atoms with Gasteiger partial charge >= 0.3 is 0 Å². The van der Waals surface area contributed by atoms with Gasteiger partial charge in [0.1, 0.15) is 0 Å². The Morgan fingerprint density at radius 3 is 2.93 bits per heavy atom. The van der Waals surface area contributed by atoms with Gasteiger partial charge in [-0.2, -0.15) is 0 Å². The predicted octanol–water partition coefficient (Wildman–Crippen LogP) is 1.80. The van der Waals surface area contributed by atoms with Crippen LogP contribution in [0.25, 0.3) is 10.4 Å². The highest BCUT2D eigenvalue weighted by Gasteiger charge is 2.30. The largest absolute Gasteiger partial charge is 0.370 e. The van der Waals surface area contributed by atoms with Gasteiger partial charge in [-0.15, -0.1) is 0 Å². The van der Waals surface area contributed by atoms with Crippen molar-refractivity contribution in [3.63, 3.8) is 0 Å². The molecule has 1 fully saturated rings. The molecule has 1 rings (SSSR count). The zero-order chi connectivity index (χ0) is 10.6. The highest BCUT2D eigenvalue weighted by molar-refractivity contribution is 4.82. The van der Waals surface area contributed by atoms with Crippen LogP contribution in [0, 0.1) is 0 Å². The summed E-state index contributed by atoms with van der Waals surface area (Å²) in [5.41, 5.74) is 8.08. The number of morpholine rings is 1. The fraction of sp³-hybridized carbons (Fsp3) is 1.00. The Hall–Kier alpha value is -0.770. The van der Waals surface area contributed by atoms with Crippen molar-refractivity contribution in [3.05, 3.63) is 10.4 Å². The average Bonchev–Trinajstić information content (AvgIpc) is 2.00. The van der Waals surface area contributed by atoms with Gasteiger partial charge in [0.05, 0.1) is 11.7 Å². The van der Waals surface area contributed by atoms with E-state index in [4.69, 9.17) is 10.3 Å². The SMILES string of the molecule is CC1CN(CCN=[N+]=[N-])CC(C)(C)O1. The zero-order valence-corrected chi connectivity index (χ0v) is 9.10. The molecule has 0 bridgehead atoms. The lowest BCUT2D eigenvalue weighted by atomic mass is 10.1. The number of hydrogen-bond acceptors (Lipinski definition) is 3. The van der Waals surface area contributed by atoms with Gasteiger partial charge in [0.2, 0.25) is 0 Å². The molecule has 1 unspecified atom stereocenters. The Balaban J connectivity index is 2.41. The first-order chi connectivity index (χ1) is 6.53. The lowest BCUT2D eigenvalue weighted by Gasteiger charge is -2.41. The molecule has 1 saturated heterocycles. The lowest BCUT2D eigenvalue weighted by molar-refractivity contribution is -0.127. The van der Waals surface area contributed by atoms with E-state index in [-0.39, 0.29) is 11.7 Å². The minimum absolute atomic E-state index is 0.0893. The third-order valence-electron chi connectivity index (χ3n) is 2.22. The smallest absolute Gasteiger partial charge is 0.0757 e. The predicted molar refractivity (Wildman–Crippen MR) is 55.1 cm³/mol. The Bertz CT molecular complexity index is 235. The average molecular weight is 198 g/mol. The molecular weight excluding hydrogens is 180 g/mol. The van der Waals surface area contributed by atoms with Crippen LogP contribution in [0.15, 0.2) is 5.11 Å². The summed E-state index contributed by atoms with van der Waals surface area (Å²) in [5.74, 6) is 0. The molecule has 1 aliphatic rings. The highest BCUT2D eigenvalue weighted by atomic mass is 16.5. The van der Waals surface area contributed by atoms with Crippen LogP contribution in [-0.4, -0.2) is 42.8 Å². The molecule has 1 aliphatic heterocycles. The molecule has 5 heteroatoms. The molecule has 0 radical (unpaired) electrons. The Kier molecular flexibility index (Phi) is 3.75. The van der Waals surface area contributed by atoms with Gasteiger partial charge in [0.25, 0.3) is 0 Å². The van der Waals surface area contributed by atoms with Crippen LogP contribution in [0.5, 0.6) is 0 Å². The Labute approximate surface area is 84.7 Å². The normalized spacial score (nSPS) is 26.9. The van der Waals surface area contributed by atoms with E-state index in [1.165, 1.54) is 0 Å². The molecule has 0 aliphatic carbocycles. The number of azide groups is 1. The van der Waals surface area contributed by atoms with Crippen LogP contribution in [-0.2, 0) is 4.74 Å². The van der Waals surface area contributed by atoms with Crippen molar-refractivity contribution in [3.8, 4) is 0 Å². The van der Waals surface area contributed by atoms with Gasteiger partial charge in [0.15, 0.2) is 0 Å². The number of rotatable bonds is 3. The van der Waals surface area contributed by atoms with Gasteiger partial charge in [-0.1, -0.05) is 5.11 Å². The summed E-state index contributed by atoms with van der Waals surface area (Å²) in [6.07, 6.45) is 0.254. The summed E-state index contributed by atoms with van der Waals surface area (Å²) in [7, 11) is 0. The van der Waals surface area contributed by atoms with E-state index in [1.54, 1.807) is 0 Å². The van der Waals surface area contributed by atoms with Gasteiger partial charge in [0, 0.05) is 31.1 Å². The van der Waals surface area contributed by atoms with Crippen molar-refractivity contribution in [2.75, 3.05) is 26.2 Å². The number of nitrogens with zero attached hydrogens (tertiary/aromatic N) is 4. The topological polar surface area (TPSA) is 61.2 Å². The molecule has 0 aromatic carbocycles. The van der Waals surface area contributed by atoms with Crippen LogP contribution in [0.4, 0.5) is 0 Å². The van der Waals surface area contributed by atoms with Crippen LogP contribution in [0.1, 0.15) is 20.8 Å². The van der Waals surface area contributed by atoms with Crippen molar-refractivity contribution in [2.45, 2.75) is 32.5 Å². The zero-order valence-electron chi connectivity index (χ0n) is 9.10. The van der Waals surface area contributed by atoms with Crippen LogP contribution in [0.3, 0.4) is 0 Å². The molecule has 0 aromatic rings. The lowest BCUT2D eigenvalue weighted by Crippen LogP contribution is -2.52. The van der Waals surface area contributed by atoms with Crippen molar-refractivity contribution < 1.29 is 4.74 Å². The van der Waals surface area contributed by atoms with E-state index < -0.39 is 0 Å². The van der Waals surface area contributed by atoms with Crippen molar-refractivity contribution in [1.29, 1.82) is 0 Å². The summed E-state index contributed by atoms with van der Waals surface area (Å²) in [5, 5.41) is 3.54. The maximum atomic E-state index is 8.17. The maximum Gasteiger partial charge on any atom is 0.0757 e. The molecular formula is C9H18N4O. The summed E-state index contributed by atoms with van der Waals surface area (Å²) in [6, 6.07) is 0.